The minimum Gasteiger partial charge on any atom is -0.453 e. The lowest BCUT2D eigenvalue weighted by atomic mass is 10.0. The minimum atomic E-state index is -0.736. The molecule has 0 radical (unpaired) electrons. The number of alkyl carbamates (subject to hydrolysis) is 2. The van der Waals surface area contributed by atoms with Crippen molar-refractivity contribution in [2.45, 2.75) is 77.5 Å². The van der Waals surface area contributed by atoms with Gasteiger partial charge in [0.1, 0.15) is 34.8 Å². The summed E-state index contributed by atoms with van der Waals surface area (Å²) in [6.07, 6.45) is 1.76. The Labute approximate surface area is 324 Å². The molecule has 4 amide bonds. The molecule has 4 N–H and O–H groups in total. The molecule has 6 heterocycles. The van der Waals surface area contributed by atoms with Gasteiger partial charge < -0.3 is 44.3 Å². The molecule has 0 aliphatic carbocycles. The van der Waals surface area contributed by atoms with E-state index in [1.807, 2.05) is 52.0 Å². The lowest BCUT2D eigenvalue weighted by Gasteiger charge is -2.29. The third-order valence-electron chi connectivity index (χ3n) is 10.7. The van der Waals surface area contributed by atoms with E-state index >= 15 is 0 Å². The molecular formula is C38H44N10O7S. The summed E-state index contributed by atoms with van der Waals surface area (Å²) in [5.41, 5.74) is 4.81. The van der Waals surface area contributed by atoms with Gasteiger partial charge in [0.05, 0.1) is 53.1 Å². The number of imidazole rings is 2. The average molecular weight is 785 g/mol. The van der Waals surface area contributed by atoms with Gasteiger partial charge in [0.2, 0.25) is 11.8 Å². The molecule has 0 unspecified atom stereocenters. The van der Waals surface area contributed by atoms with Crippen molar-refractivity contribution in [1.82, 2.24) is 50.3 Å². The summed E-state index contributed by atoms with van der Waals surface area (Å²) in [5.74, 6) is 1.03. The number of hydrogen-bond donors (Lipinski definition) is 4. The number of carbonyl (C=O) groups is 4. The van der Waals surface area contributed by atoms with Crippen molar-refractivity contribution in [2.24, 2.45) is 11.8 Å². The Balaban J connectivity index is 1.08. The molecule has 2 aromatic carbocycles. The third-order valence-corrected chi connectivity index (χ3v) is 11.8. The highest BCUT2D eigenvalue weighted by molar-refractivity contribution is 7.22. The zero-order chi connectivity index (χ0) is 39.4. The first-order chi connectivity index (χ1) is 26.9. The molecule has 4 atom stereocenters. The number of oxazole rings is 1. The molecule has 2 aliphatic rings. The van der Waals surface area contributed by atoms with E-state index < -0.39 is 24.3 Å². The highest BCUT2D eigenvalue weighted by Gasteiger charge is 2.39. The Kier molecular flexibility index (Phi) is 9.76. The number of ether oxygens (including phenoxy) is 2. The van der Waals surface area contributed by atoms with Crippen LogP contribution in [-0.2, 0) is 19.1 Å². The first-order valence-corrected chi connectivity index (χ1v) is 19.7. The number of nitrogens with one attached hydrogen (secondary N) is 4. The monoisotopic (exact) mass is 784 g/mol. The van der Waals surface area contributed by atoms with E-state index in [2.05, 4.69) is 20.6 Å². The number of benzene rings is 2. The van der Waals surface area contributed by atoms with Crippen LogP contribution in [0.1, 0.15) is 77.1 Å². The van der Waals surface area contributed by atoms with Crippen LogP contribution in [0.4, 0.5) is 9.59 Å². The average Bonchev–Trinajstić information content (AvgIpc) is 4.03. The Morgan fingerprint density at radius 3 is 1.77 bits per heavy atom. The van der Waals surface area contributed by atoms with Crippen LogP contribution in [0, 0.1) is 11.8 Å². The van der Waals surface area contributed by atoms with Crippen molar-refractivity contribution in [3.8, 4) is 10.9 Å². The predicted octanol–water partition coefficient (Wildman–Crippen LogP) is 5.95. The zero-order valence-electron chi connectivity index (χ0n) is 32.0. The molecule has 8 rings (SSSR count). The van der Waals surface area contributed by atoms with Crippen LogP contribution in [-0.4, -0.2) is 103 Å². The van der Waals surface area contributed by atoms with Crippen molar-refractivity contribution < 1.29 is 33.1 Å². The van der Waals surface area contributed by atoms with Crippen molar-refractivity contribution in [2.75, 3.05) is 27.3 Å². The first-order valence-electron chi connectivity index (χ1n) is 18.8. The molecule has 18 heteroatoms. The summed E-state index contributed by atoms with van der Waals surface area (Å²) >= 11 is 1.43. The summed E-state index contributed by atoms with van der Waals surface area (Å²) in [4.78, 5) is 81.5. The molecule has 6 aromatic rings. The maximum atomic E-state index is 13.7. The quantitative estimate of drug-likeness (QED) is 0.135. The van der Waals surface area contributed by atoms with Gasteiger partial charge in [-0.1, -0.05) is 27.7 Å². The van der Waals surface area contributed by atoms with Crippen molar-refractivity contribution in [3.63, 3.8) is 0 Å². The zero-order valence-corrected chi connectivity index (χ0v) is 32.8. The van der Waals surface area contributed by atoms with Crippen LogP contribution in [0.5, 0.6) is 0 Å². The van der Waals surface area contributed by atoms with Crippen LogP contribution in [0.2, 0.25) is 0 Å². The lowest BCUT2D eigenvalue weighted by molar-refractivity contribution is -0.136. The number of hydrogen-bond acceptors (Lipinski definition) is 12. The number of rotatable bonds is 9. The maximum absolute atomic E-state index is 13.7. The van der Waals surface area contributed by atoms with Gasteiger partial charge in [-0.15, -0.1) is 11.3 Å². The van der Waals surface area contributed by atoms with Gasteiger partial charge in [-0.2, -0.15) is 0 Å². The van der Waals surface area contributed by atoms with Gasteiger partial charge >= 0.3 is 12.2 Å². The fourth-order valence-corrected chi connectivity index (χ4v) is 8.83. The number of nitrogens with zero attached hydrogens (tertiary/aromatic N) is 6. The molecule has 294 valence electrons. The Hall–Kier alpha value is -5.78. The second-order valence-electron chi connectivity index (χ2n) is 15.0. The highest BCUT2D eigenvalue weighted by Crippen LogP contribution is 2.39. The molecule has 0 saturated carbocycles. The number of amides is 4. The second kappa shape index (κ2) is 14.7. The van der Waals surface area contributed by atoms with Gasteiger partial charge in [0, 0.05) is 13.1 Å². The summed E-state index contributed by atoms with van der Waals surface area (Å²) in [6.45, 7) is 8.64. The molecule has 4 aromatic heterocycles. The Bertz CT molecular complexity index is 2310. The number of carbonyl (C=O) groups excluding carboxylic acids is 4. The summed E-state index contributed by atoms with van der Waals surface area (Å²) in [6, 6.07) is 5.51. The molecule has 56 heavy (non-hydrogen) atoms. The van der Waals surface area contributed by atoms with E-state index in [4.69, 9.17) is 33.8 Å². The van der Waals surface area contributed by atoms with Gasteiger partial charge in [-0.3, -0.25) is 9.59 Å². The van der Waals surface area contributed by atoms with Gasteiger partial charge in [0.15, 0.2) is 10.6 Å². The van der Waals surface area contributed by atoms with E-state index in [-0.39, 0.29) is 35.7 Å². The van der Waals surface area contributed by atoms with Crippen molar-refractivity contribution in [1.29, 1.82) is 0 Å². The van der Waals surface area contributed by atoms with Gasteiger partial charge in [-0.25, -0.2) is 29.5 Å². The molecule has 2 aliphatic heterocycles. The number of H-pyrrole nitrogens is 2. The molecule has 17 nitrogen and oxygen atoms in total. The summed E-state index contributed by atoms with van der Waals surface area (Å²) in [5, 5.41) is 5.98. The normalized spacial score (nSPS) is 18.5. The van der Waals surface area contributed by atoms with Crippen LogP contribution < -0.4 is 10.6 Å². The largest absolute Gasteiger partial charge is 0.453 e. The second-order valence-corrected chi connectivity index (χ2v) is 16.0. The predicted molar refractivity (Wildman–Crippen MR) is 208 cm³/mol. The molecular weight excluding hydrogens is 741 g/mol. The maximum Gasteiger partial charge on any atom is 0.407 e. The number of aromatic nitrogens is 6. The number of fused-ring (bicyclic) bond motifs is 6. The topological polar surface area (TPSA) is 214 Å². The number of methoxy groups -OCH3 is 2. The highest BCUT2D eigenvalue weighted by atomic mass is 32.1. The van der Waals surface area contributed by atoms with Crippen LogP contribution in [0.15, 0.2) is 28.7 Å². The van der Waals surface area contributed by atoms with Crippen LogP contribution >= 0.6 is 11.3 Å². The van der Waals surface area contributed by atoms with E-state index in [0.717, 1.165) is 46.9 Å². The number of likely N-dealkylation sites (tertiary alicyclic amines) is 2. The molecule has 0 spiro atoms. The van der Waals surface area contributed by atoms with Crippen LogP contribution in [0.3, 0.4) is 0 Å². The van der Waals surface area contributed by atoms with E-state index in [1.54, 1.807) is 9.80 Å². The fraction of sp³-hybridized carbons (Fsp3) is 0.474. The Morgan fingerprint density at radius 2 is 1.23 bits per heavy atom. The standard InChI is InChI=1S/C38H44N10O7S/c1-17(2)25(45-37(51)53-5)35(49)47-15-7-9-23(47)31-39-19-11-13-21-29(27(19)43-31)55-33(41-21)34-42-22-14-12-20-28(30(22)56-34)44-32(40-20)24-10-8-16-48(24)36(50)26(18(3)4)46-38(52)54-6/h11-14,17-18,23-26H,7-10,15-16H2,1-6H3,(H,39,43)(H,40,44)(H,45,51)(H,46,52)/t23-,24-,25-,26-/m0/s1. The number of aromatic amines is 2. The third kappa shape index (κ3) is 6.54. The molecule has 2 saturated heterocycles. The van der Waals surface area contributed by atoms with Gasteiger partial charge in [0.25, 0.3) is 5.89 Å². The van der Waals surface area contributed by atoms with Crippen molar-refractivity contribution >= 4 is 78.7 Å². The smallest absolute Gasteiger partial charge is 0.407 e. The summed E-state index contributed by atoms with van der Waals surface area (Å²) < 4.78 is 16.8. The molecule has 2 fully saturated rings. The van der Waals surface area contributed by atoms with Gasteiger partial charge in [-0.05, 0) is 61.8 Å². The Morgan fingerprint density at radius 1 is 0.732 bits per heavy atom. The van der Waals surface area contributed by atoms with E-state index in [1.165, 1.54) is 25.6 Å². The first kappa shape index (κ1) is 37.2. The fourth-order valence-electron chi connectivity index (χ4n) is 7.85. The summed E-state index contributed by atoms with van der Waals surface area (Å²) in [7, 11) is 2.56. The molecule has 0 bridgehead atoms. The van der Waals surface area contributed by atoms with Crippen molar-refractivity contribution in [3.05, 3.63) is 35.9 Å². The van der Waals surface area contributed by atoms with Crippen LogP contribution in [0.25, 0.3) is 54.3 Å². The number of thiazole rings is 1. The van der Waals surface area contributed by atoms with E-state index in [0.29, 0.717) is 57.8 Å². The minimum absolute atomic E-state index is 0.138. The lowest BCUT2D eigenvalue weighted by Crippen LogP contribution is -2.51. The van der Waals surface area contributed by atoms with E-state index in [9.17, 15) is 19.2 Å². The SMILES string of the molecule is COC(=O)N[C@H](C(=O)N1CCC[C@H]1c1nc2ccc3nc(-c4nc5ccc6nc([C@@H]7CCCN7C(=O)[C@@H](NC(=O)OC)C(C)C)[nH]c6c5s4)oc3c2[nH]1)C(C)C.